The van der Waals surface area contributed by atoms with E-state index in [2.05, 4.69) is 10.6 Å². The van der Waals surface area contributed by atoms with Crippen molar-refractivity contribution in [3.05, 3.63) is 69.8 Å². The Hall–Kier alpha value is -2.93. The highest BCUT2D eigenvalue weighted by Gasteiger charge is 2.67. The molecule has 2 aliphatic rings. The molecule has 2 aromatic rings. The van der Waals surface area contributed by atoms with Crippen LogP contribution in [0.25, 0.3) is 0 Å². The zero-order chi connectivity index (χ0) is 18.5. The van der Waals surface area contributed by atoms with Crippen molar-refractivity contribution in [2.45, 2.75) is 30.5 Å². The molecular formula is C19H19N3O4. The lowest BCUT2D eigenvalue weighted by Gasteiger charge is -2.25. The van der Waals surface area contributed by atoms with E-state index >= 15 is 0 Å². The van der Waals surface area contributed by atoms with Gasteiger partial charge in [-0.1, -0.05) is 36.4 Å². The molecule has 0 saturated carbocycles. The van der Waals surface area contributed by atoms with Gasteiger partial charge >= 0.3 is 0 Å². The van der Waals surface area contributed by atoms with Crippen molar-refractivity contribution in [1.82, 2.24) is 5.32 Å². The molecular weight excluding hydrogens is 334 g/mol. The van der Waals surface area contributed by atoms with Crippen molar-refractivity contribution in [2.75, 3.05) is 12.4 Å². The smallest absolute Gasteiger partial charge is 0.256 e. The first kappa shape index (κ1) is 16.5. The number of carbonyl (C=O) groups excluding carboxylic acids is 1. The highest BCUT2D eigenvalue weighted by molar-refractivity contribution is 6.07. The molecule has 26 heavy (non-hydrogen) atoms. The Bertz CT molecular complexity index is 900. The van der Waals surface area contributed by atoms with Crippen LogP contribution in [0.2, 0.25) is 0 Å². The molecule has 4 atom stereocenters. The summed E-state index contributed by atoms with van der Waals surface area (Å²) in [6.45, 7) is 1.87. The summed E-state index contributed by atoms with van der Waals surface area (Å²) in [5.74, 6) is -0.315. The van der Waals surface area contributed by atoms with Gasteiger partial charge in [-0.25, -0.2) is 0 Å². The number of hydrogen-bond acceptors (Lipinski definition) is 5. The maximum Gasteiger partial charge on any atom is 0.256 e. The third kappa shape index (κ3) is 2.07. The minimum atomic E-state index is -1.40. The average Bonchev–Trinajstić information content (AvgIpc) is 3.10. The Kier molecular flexibility index (Phi) is 3.69. The van der Waals surface area contributed by atoms with Crippen molar-refractivity contribution < 1.29 is 14.5 Å². The van der Waals surface area contributed by atoms with Crippen molar-refractivity contribution in [3.8, 4) is 5.75 Å². The van der Waals surface area contributed by atoms with Crippen LogP contribution in [0.3, 0.4) is 0 Å². The van der Waals surface area contributed by atoms with Gasteiger partial charge in [-0.05, 0) is 19.1 Å². The Morgan fingerprint density at radius 1 is 1.15 bits per heavy atom. The van der Waals surface area contributed by atoms with Crippen LogP contribution >= 0.6 is 0 Å². The first-order valence-corrected chi connectivity index (χ1v) is 8.45. The van der Waals surface area contributed by atoms with Crippen molar-refractivity contribution in [1.29, 1.82) is 0 Å². The lowest BCUT2D eigenvalue weighted by Crippen LogP contribution is -2.54. The number of ether oxygens (including phenoxy) is 1. The number of rotatable bonds is 3. The van der Waals surface area contributed by atoms with Gasteiger partial charge in [0.15, 0.2) is 5.54 Å². The van der Waals surface area contributed by atoms with Gasteiger partial charge in [-0.3, -0.25) is 20.2 Å². The number of methoxy groups -OCH3 is 1. The molecule has 4 rings (SSSR count). The number of nitrogens with zero attached hydrogens (tertiary/aromatic N) is 1. The first-order chi connectivity index (χ1) is 12.5. The molecule has 0 unspecified atom stereocenters. The number of fused-ring (bicyclic) bond motifs is 2. The summed E-state index contributed by atoms with van der Waals surface area (Å²) < 4.78 is 5.43. The topological polar surface area (TPSA) is 93.5 Å². The maximum atomic E-state index is 12.9. The number of nitrogens with one attached hydrogen (secondary N) is 2. The third-order valence-corrected chi connectivity index (χ3v) is 5.46. The highest BCUT2D eigenvalue weighted by Crippen LogP contribution is 2.50. The van der Waals surface area contributed by atoms with E-state index in [4.69, 9.17) is 4.74 Å². The number of para-hydroxylation sites is 2. The summed E-state index contributed by atoms with van der Waals surface area (Å²) in [7, 11) is 1.54. The van der Waals surface area contributed by atoms with E-state index in [-0.39, 0.29) is 16.9 Å². The second-order valence-electron chi connectivity index (χ2n) is 6.74. The third-order valence-electron chi connectivity index (χ3n) is 5.46. The fourth-order valence-corrected chi connectivity index (χ4v) is 4.46. The van der Waals surface area contributed by atoms with Crippen LogP contribution in [0.5, 0.6) is 5.75 Å². The molecule has 7 nitrogen and oxygen atoms in total. The van der Waals surface area contributed by atoms with E-state index in [1.165, 1.54) is 0 Å². The predicted molar refractivity (Wildman–Crippen MR) is 95.9 cm³/mol. The van der Waals surface area contributed by atoms with Crippen molar-refractivity contribution >= 4 is 11.6 Å². The molecule has 134 valence electrons. The summed E-state index contributed by atoms with van der Waals surface area (Å²) in [6, 6.07) is 12.9. The lowest BCUT2D eigenvalue weighted by atomic mass is 9.78. The molecule has 0 bridgehead atoms. The molecule has 2 aliphatic heterocycles. The van der Waals surface area contributed by atoms with Crippen molar-refractivity contribution in [2.24, 2.45) is 0 Å². The quantitative estimate of drug-likeness (QED) is 0.652. The predicted octanol–water partition coefficient (Wildman–Crippen LogP) is 2.26. The molecule has 1 spiro atoms. The largest absolute Gasteiger partial charge is 0.496 e. The molecule has 2 heterocycles. The Morgan fingerprint density at radius 3 is 2.58 bits per heavy atom. The van der Waals surface area contributed by atoms with Crippen LogP contribution in [-0.2, 0) is 10.3 Å². The van der Waals surface area contributed by atoms with Crippen LogP contribution in [0.4, 0.5) is 5.69 Å². The van der Waals surface area contributed by atoms with Crippen LogP contribution < -0.4 is 15.4 Å². The zero-order valence-corrected chi connectivity index (χ0v) is 14.4. The highest BCUT2D eigenvalue weighted by atomic mass is 16.6. The fraction of sp³-hybridized carbons (Fsp3) is 0.316. The van der Waals surface area contributed by atoms with E-state index in [1.807, 2.05) is 25.1 Å². The molecule has 0 aliphatic carbocycles. The number of nitro groups is 1. The van der Waals surface area contributed by atoms with Gasteiger partial charge in [0, 0.05) is 27.8 Å². The van der Waals surface area contributed by atoms with E-state index in [0.29, 0.717) is 17.0 Å². The minimum absolute atomic E-state index is 0.293. The minimum Gasteiger partial charge on any atom is -0.496 e. The van der Waals surface area contributed by atoms with Crippen molar-refractivity contribution in [3.63, 3.8) is 0 Å². The number of carbonyl (C=O) groups is 1. The van der Waals surface area contributed by atoms with E-state index in [0.717, 1.165) is 5.56 Å². The van der Waals surface area contributed by atoms with Gasteiger partial charge in [0.2, 0.25) is 0 Å². The van der Waals surface area contributed by atoms with E-state index in [9.17, 15) is 14.9 Å². The van der Waals surface area contributed by atoms with E-state index in [1.54, 1.807) is 37.4 Å². The molecule has 0 radical (unpaired) electrons. The number of amides is 1. The van der Waals surface area contributed by atoms with Gasteiger partial charge in [0.1, 0.15) is 5.75 Å². The molecule has 2 aromatic carbocycles. The van der Waals surface area contributed by atoms with Gasteiger partial charge < -0.3 is 10.1 Å². The van der Waals surface area contributed by atoms with Crippen LogP contribution in [-0.4, -0.2) is 30.0 Å². The Morgan fingerprint density at radius 2 is 1.85 bits per heavy atom. The molecule has 1 fully saturated rings. The average molecular weight is 353 g/mol. The van der Waals surface area contributed by atoms with Gasteiger partial charge in [0.05, 0.1) is 13.0 Å². The molecule has 7 heteroatoms. The zero-order valence-electron chi connectivity index (χ0n) is 14.4. The van der Waals surface area contributed by atoms with Gasteiger partial charge in [0.25, 0.3) is 11.9 Å². The van der Waals surface area contributed by atoms with Gasteiger partial charge in [-0.2, -0.15) is 0 Å². The Balaban J connectivity index is 1.92. The molecule has 1 amide bonds. The monoisotopic (exact) mass is 353 g/mol. The van der Waals surface area contributed by atoms with E-state index < -0.39 is 17.5 Å². The summed E-state index contributed by atoms with van der Waals surface area (Å²) in [6.07, 6.45) is 0. The van der Waals surface area contributed by atoms with Gasteiger partial charge in [-0.15, -0.1) is 0 Å². The fourth-order valence-electron chi connectivity index (χ4n) is 4.46. The maximum absolute atomic E-state index is 12.9. The summed E-state index contributed by atoms with van der Waals surface area (Å²) >= 11 is 0. The van der Waals surface area contributed by atoms with Crippen LogP contribution in [0.15, 0.2) is 48.5 Å². The van der Waals surface area contributed by atoms with Crippen LogP contribution in [0.1, 0.15) is 24.0 Å². The SMILES string of the molecule is COc1ccccc1[C@@H]1[C@H](C)N[C@@]2(C(=O)Nc3ccccc32)[C@H]1[N+](=O)[O-]. The summed E-state index contributed by atoms with van der Waals surface area (Å²) in [5, 5.41) is 18.2. The standard InChI is InChI=1S/C19H19N3O4/c1-11-16(12-7-3-6-10-15(12)26-2)17(22(24)25)19(21-11)13-8-4-5-9-14(13)20-18(19)23/h3-11,16-17,21H,1-2H3,(H,20,23)/t11-,16-,17-,19+/m0/s1. The Labute approximate surface area is 150 Å². The number of benzene rings is 2. The second-order valence-corrected chi connectivity index (χ2v) is 6.74. The lowest BCUT2D eigenvalue weighted by molar-refractivity contribution is -0.532. The first-order valence-electron chi connectivity index (χ1n) is 8.45. The number of anilines is 1. The molecule has 2 N–H and O–H groups in total. The number of hydrogen-bond donors (Lipinski definition) is 2. The molecule has 1 saturated heterocycles. The normalized spacial score (nSPS) is 29.5. The molecule has 0 aromatic heterocycles. The van der Waals surface area contributed by atoms with Crippen LogP contribution in [0, 0.1) is 10.1 Å². The summed E-state index contributed by atoms with van der Waals surface area (Å²) in [4.78, 5) is 24.8. The second kappa shape index (κ2) is 5.81. The summed E-state index contributed by atoms with van der Waals surface area (Å²) in [5.41, 5.74) is 0.566.